The molecule has 25 heavy (non-hydrogen) atoms. The molecule has 1 amide bonds. The summed E-state index contributed by atoms with van der Waals surface area (Å²) in [7, 11) is 0. The molecule has 130 valence electrons. The van der Waals surface area contributed by atoms with Crippen LogP contribution in [0.1, 0.15) is 18.1 Å². The quantitative estimate of drug-likeness (QED) is 0.767. The largest absolute Gasteiger partial charge is 0.465 e. The standard InChI is InChI=1S/C20H21NO3S/c1-2-24-20(23)14-25-13-19(22)21-17-9-5-3-7-15(17)11-12-16-8-4-6-10-18(16)21/h3-10H,2,11-14H2,1H3. The van der Waals surface area contributed by atoms with Crippen LogP contribution in [-0.4, -0.2) is 30.0 Å². The monoisotopic (exact) mass is 355 g/mol. The number of anilines is 2. The average Bonchev–Trinajstić information content (AvgIpc) is 2.78. The lowest BCUT2D eigenvalue weighted by atomic mass is 10.0. The molecule has 2 aromatic rings. The Morgan fingerprint density at radius 3 is 2.08 bits per heavy atom. The van der Waals surface area contributed by atoms with Gasteiger partial charge in [-0.1, -0.05) is 36.4 Å². The second kappa shape index (κ2) is 8.21. The Balaban J connectivity index is 1.84. The van der Waals surface area contributed by atoms with Gasteiger partial charge in [0.05, 0.1) is 29.5 Å². The minimum atomic E-state index is -0.281. The summed E-state index contributed by atoms with van der Waals surface area (Å²) in [6.45, 7) is 2.14. The van der Waals surface area contributed by atoms with E-state index in [2.05, 4.69) is 12.1 Å². The first-order valence-corrected chi connectivity index (χ1v) is 9.58. The third-order valence-corrected chi connectivity index (χ3v) is 5.02. The van der Waals surface area contributed by atoms with Gasteiger partial charge in [-0.3, -0.25) is 14.5 Å². The third kappa shape index (κ3) is 4.04. The van der Waals surface area contributed by atoms with Crippen molar-refractivity contribution in [2.45, 2.75) is 19.8 Å². The number of benzene rings is 2. The molecule has 3 rings (SSSR count). The first kappa shape index (κ1) is 17.5. The number of esters is 1. The molecule has 0 fully saturated rings. The summed E-state index contributed by atoms with van der Waals surface area (Å²) < 4.78 is 4.92. The maximum absolute atomic E-state index is 13.0. The van der Waals surface area contributed by atoms with Gasteiger partial charge >= 0.3 is 5.97 Å². The predicted octanol–water partition coefficient (Wildman–Crippen LogP) is 3.75. The van der Waals surface area contributed by atoms with E-state index in [1.165, 1.54) is 22.9 Å². The molecule has 1 aliphatic heterocycles. The number of amides is 1. The zero-order valence-electron chi connectivity index (χ0n) is 14.2. The van der Waals surface area contributed by atoms with Gasteiger partial charge in [-0.2, -0.15) is 0 Å². The number of hydrogen-bond donors (Lipinski definition) is 0. The summed E-state index contributed by atoms with van der Waals surface area (Å²) in [6.07, 6.45) is 1.82. The molecule has 0 radical (unpaired) electrons. The van der Waals surface area contributed by atoms with Gasteiger partial charge in [-0.25, -0.2) is 0 Å². The van der Waals surface area contributed by atoms with E-state index < -0.39 is 0 Å². The van der Waals surface area contributed by atoms with Crippen molar-refractivity contribution in [2.75, 3.05) is 23.0 Å². The molecule has 2 aromatic carbocycles. The van der Waals surface area contributed by atoms with Crippen molar-refractivity contribution >= 4 is 35.0 Å². The van der Waals surface area contributed by atoms with Crippen LogP contribution >= 0.6 is 11.8 Å². The number of rotatable bonds is 5. The molecule has 1 aliphatic rings. The van der Waals surface area contributed by atoms with Crippen LogP contribution in [0.3, 0.4) is 0 Å². The van der Waals surface area contributed by atoms with Gasteiger partial charge in [0.2, 0.25) is 5.91 Å². The van der Waals surface area contributed by atoms with E-state index in [4.69, 9.17) is 4.74 Å². The van der Waals surface area contributed by atoms with Gasteiger partial charge in [0.15, 0.2) is 0 Å². The topological polar surface area (TPSA) is 46.6 Å². The third-order valence-electron chi connectivity index (χ3n) is 4.13. The maximum Gasteiger partial charge on any atom is 0.315 e. The number of nitrogens with zero attached hydrogens (tertiary/aromatic N) is 1. The van der Waals surface area contributed by atoms with Crippen molar-refractivity contribution in [1.29, 1.82) is 0 Å². The molecule has 0 N–H and O–H groups in total. The second-order valence-corrected chi connectivity index (χ2v) is 6.77. The zero-order valence-corrected chi connectivity index (χ0v) is 15.1. The summed E-state index contributed by atoms with van der Waals surface area (Å²) in [6, 6.07) is 16.1. The Kier molecular flexibility index (Phi) is 5.76. The van der Waals surface area contributed by atoms with Crippen LogP contribution in [0.15, 0.2) is 48.5 Å². The smallest absolute Gasteiger partial charge is 0.315 e. The summed E-state index contributed by atoms with van der Waals surface area (Å²) in [4.78, 5) is 26.3. The van der Waals surface area contributed by atoms with Gasteiger partial charge in [0.25, 0.3) is 0 Å². The van der Waals surface area contributed by atoms with E-state index in [0.717, 1.165) is 24.2 Å². The number of carbonyl (C=O) groups excluding carboxylic acids is 2. The summed E-state index contributed by atoms with van der Waals surface area (Å²) >= 11 is 1.29. The number of aryl methyl sites for hydroxylation is 2. The van der Waals surface area contributed by atoms with Crippen molar-refractivity contribution in [3.05, 3.63) is 59.7 Å². The lowest BCUT2D eigenvalue weighted by Gasteiger charge is -2.24. The number of para-hydroxylation sites is 2. The highest BCUT2D eigenvalue weighted by Crippen LogP contribution is 2.36. The Hall–Kier alpha value is -2.27. The molecule has 5 heteroatoms. The SMILES string of the molecule is CCOC(=O)CSCC(=O)N1c2ccccc2CCc2ccccc21. The van der Waals surface area contributed by atoms with Crippen molar-refractivity contribution in [1.82, 2.24) is 0 Å². The van der Waals surface area contributed by atoms with Crippen LogP contribution in [0.5, 0.6) is 0 Å². The van der Waals surface area contributed by atoms with E-state index in [1.54, 1.807) is 11.8 Å². The molecule has 0 aliphatic carbocycles. The molecule has 0 atom stereocenters. The highest BCUT2D eigenvalue weighted by atomic mass is 32.2. The highest BCUT2D eigenvalue weighted by molar-refractivity contribution is 8.00. The summed E-state index contributed by atoms with van der Waals surface area (Å²) in [5.41, 5.74) is 4.22. The van der Waals surface area contributed by atoms with Crippen LogP contribution in [0.2, 0.25) is 0 Å². The second-order valence-electron chi connectivity index (χ2n) is 5.78. The summed E-state index contributed by atoms with van der Waals surface area (Å²) in [5.74, 6) is 0.131. The highest BCUT2D eigenvalue weighted by Gasteiger charge is 2.25. The van der Waals surface area contributed by atoms with E-state index in [1.807, 2.05) is 36.4 Å². The Morgan fingerprint density at radius 1 is 0.960 bits per heavy atom. The lowest BCUT2D eigenvalue weighted by Crippen LogP contribution is -2.29. The van der Waals surface area contributed by atoms with Crippen molar-refractivity contribution in [3.8, 4) is 0 Å². The fraction of sp³-hybridized carbons (Fsp3) is 0.300. The van der Waals surface area contributed by atoms with Gasteiger partial charge in [-0.05, 0) is 43.0 Å². The first-order chi connectivity index (χ1) is 12.2. The van der Waals surface area contributed by atoms with Crippen molar-refractivity contribution < 1.29 is 14.3 Å². The van der Waals surface area contributed by atoms with Crippen LogP contribution in [-0.2, 0) is 27.2 Å². The minimum absolute atomic E-state index is 0.0175. The van der Waals surface area contributed by atoms with E-state index in [0.29, 0.717) is 6.61 Å². The Bertz CT molecular complexity index is 728. The molecule has 0 unspecified atom stereocenters. The number of fused-ring (bicyclic) bond motifs is 2. The molecule has 1 heterocycles. The van der Waals surface area contributed by atoms with E-state index in [-0.39, 0.29) is 23.4 Å². The molecule has 0 aromatic heterocycles. The van der Waals surface area contributed by atoms with E-state index in [9.17, 15) is 9.59 Å². The Labute approximate surface area is 152 Å². The number of hydrogen-bond acceptors (Lipinski definition) is 4. The molecule has 0 saturated heterocycles. The summed E-state index contributed by atoms with van der Waals surface area (Å²) in [5, 5.41) is 0. The van der Waals surface area contributed by atoms with Crippen LogP contribution in [0.4, 0.5) is 11.4 Å². The fourth-order valence-corrected chi connectivity index (χ4v) is 3.69. The van der Waals surface area contributed by atoms with Crippen molar-refractivity contribution in [3.63, 3.8) is 0 Å². The average molecular weight is 355 g/mol. The van der Waals surface area contributed by atoms with Gasteiger partial charge in [-0.15, -0.1) is 11.8 Å². The molecular weight excluding hydrogens is 334 g/mol. The number of carbonyl (C=O) groups is 2. The van der Waals surface area contributed by atoms with Crippen LogP contribution in [0, 0.1) is 0 Å². The zero-order chi connectivity index (χ0) is 17.6. The molecular formula is C20H21NO3S. The first-order valence-electron chi connectivity index (χ1n) is 8.43. The molecule has 4 nitrogen and oxygen atoms in total. The van der Waals surface area contributed by atoms with Crippen LogP contribution < -0.4 is 4.90 Å². The van der Waals surface area contributed by atoms with E-state index >= 15 is 0 Å². The minimum Gasteiger partial charge on any atom is -0.465 e. The van der Waals surface area contributed by atoms with Crippen LogP contribution in [0.25, 0.3) is 0 Å². The Morgan fingerprint density at radius 2 is 1.52 bits per heavy atom. The predicted molar refractivity (Wildman–Crippen MR) is 101 cm³/mol. The lowest BCUT2D eigenvalue weighted by molar-refractivity contribution is -0.139. The van der Waals surface area contributed by atoms with Gasteiger partial charge in [0, 0.05) is 0 Å². The van der Waals surface area contributed by atoms with Crippen molar-refractivity contribution in [2.24, 2.45) is 0 Å². The normalized spacial score (nSPS) is 12.8. The molecule has 0 bridgehead atoms. The van der Waals surface area contributed by atoms with Gasteiger partial charge in [0.1, 0.15) is 0 Å². The molecule has 0 spiro atoms. The molecule has 0 saturated carbocycles. The van der Waals surface area contributed by atoms with Gasteiger partial charge < -0.3 is 4.74 Å². The fourth-order valence-electron chi connectivity index (χ4n) is 3.04. The number of thioether (sulfide) groups is 1. The number of ether oxygens (including phenoxy) is 1. The maximum atomic E-state index is 13.0.